The maximum absolute atomic E-state index is 5.66. The molecule has 96 valence electrons. The minimum Gasteiger partial charge on any atom is -0.376 e. The van der Waals surface area contributed by atoms with E-state index >= 15 is 0 Å². The summed E-state index contributed by atoms with van der Waals surface area (Å²) in [5.74, 6) is 0. The van der Waals surface area contributed by atoms with E-state index in [1.165, 1.54) is 32.5 Å². The first-order valence-corrected chi connectivity index (χ1v) is 6.48. The molecule has 1 atom stereocenters. The average molecular weight is 229 g/mol. The van der Waals surface area contributed by atoms with Crippen molar-refractivity contribution in [3.05, 3.63) is 0 Å². The maximum Gasteiger partial charge on any atom is 0.0823 e. The minimum absolute atomic E-state index is 0.188. The Bertz CT molecular complexity index is 172. The zero-order valence-corrected chi connectivity index (χ0v) is 10.8. The van der Waals surface area contributed by atoms with Crippen LogP contribution in [-0.4, -0.2) is 68.8 Å². The predicted octanol–water partition coefficient (Wildman–Crippen LogP) is 0.378. The van der Waals surface area contributed by atoms with Crippen LogP contribution in [0.1, 0.15) is 19.8 Å². The van der Waals surface area contributed by atoms with Crippen LogP contribution in [0.15, 0.2) is 0 Å². The minimum atomic E-state index is 0.188. The Hall–Kier alpha value is -0.160. The lowest BCUT2D eigenvalue weighted by atomic mass is 10.3. The largest absolute Gasteiger partial charge is 0.376 e. The molecule has 0 amide bonds. The van der Waals surface area contributed by atoms with Crippen LogP contribution < -0.4 is 5.73 Å². The van der Waals surface area contributed by atoms with Gasteiger partial charge in [0.15, 0.2) is 0 Å². The third kappa shape index (κ3) is 5.25. The molecule has 0 aromatic rings. The summed E-state index contributed by atoms with van der Waals surface area (Å²) in [6.45, 7) is 9.18. The van der Waals surface area contributed by atoms with Crippen molar-refractivity contribution in [2.75, 3.05) is 52.9 Å². The molecule has 1 heterocycles. The molecular formula is C12H27N3O. The van der Waals surface area contributed by atoms with Gasteiger partial charge in [0.2, 0.25) is 0 Å². The number of nitrogens with two attached hydrogens (primary N) is 1. The van der Waals surface area contributed by atoms with E-state index in [1.54, 1.807) is 0 Å². The van der Waals surface area contributed by atoms with Gasteiger partial charge in [0, 0.05) is 32.8 Å². The molecule has 0 aliphatic carbocycles. The van der Waals surface area contributed by atoms with Crippen LogP contribution in [0.5, 0.6) is 0 Å². The highest BCUT2D eigenvalue weighted by Crippen LogP contribution is 2.06. The zero-order valence-electron chi connectivity index (χ0n) is 10.8. The smallest absolute Gasteiger partial charge is 0.0823 e. The molecule has 0 aromatic heterocycles. The molecule has 16 heavy (non-hydrogen) atoms. The zero-order chi connectivity index (χ0) is 11.8. The Morgan fingerprint density at radius 1 is 1.38 bits per heavy atom. The molecule has 4 nitrogen and oxygen atoms in total. The Balaban J connectivity index is 2.10. The molecular weight excluding hydrogens is 202 g/mol. The standard InChI is InChI=1S/C12H27N3O/c1-3-16-12(10-13)11-14(2)8-9-15-6-4-5-7-15/h12H,3-11,13H2,1-2H3. The average Bonchev–Trinajstić information content (AvgIpc) is 2.78. The van der Waals surface area contributed by atoms with Crippen LogP contribution in [0.25, 0.3) is 0 Å². The molecule has 2 N–H and O–H groups in total. The SMILES string of the molecule is CCOC(CN)CN(C)CCN1CCCC1. The summed E-state index contributed by atoms with van der Waals surface area (Å²) in [4.78, 5) is 4.86. The van der Waals surface area contributed by atoms with Gasteiger partial charge in [0.25, 0.3) is 0 Å². The van der Waals surface area contributed by atoms with E-state index < -0.39 is 0 Å². The van der Waals surface area contributed by atoms with Crippen LogP contribution in [0.4, 0.5) is 0 Å². The first-order valence-electron chi connectivity index (χ1n) is 6.48. The van der Waals surface area contributed by atoms with E-state index in [0.717, 1.165) is 19.7 Å². The monoisotopic (exact) mass is 229 g/mol. The highest BCUT2D eigenvalue weighted by molar-refractivity contribution is 4.69. The van der Waals surface area contributed by atoms with Crippen LogP contribution in [0, 0.1) is 0 Å². The van der Waals surface area contributed by atoms with E-state index in [0.29, 0.717) is 6.54 Å². The second-order valence-electron chi connectivity index (χ2n) is 4.62. The maximum atomic E-state index is 5.66. The van der Waals surface area contributed by atoms with Gasteiger partial charge in [-0.2, -0.15) is 0 Å². The Labute approximate surface area is 99.7 Å². The highest BCUT2D eigenvalue weighted by Gasteiger charge is 2.13. The van der Waals surface area contributed by atoms with E-state index in [4.69, 9.17) is 10.5 Å². The first-order chi connectivity index (χ1) is 7.76. The fourth-order valence-electron chi connectivity index (χ4n) is 2.19. The topological polar surface area (TPSA) is 41.7 Å². The van der Waals surface area contributed by atoms with Crippen LogP contribution >= 0.6 is 0 Å². The van der Waals surface area contributed by atoms with Crippen molar-refractivity contribution in [3.63, 3.8) is 0 Å². The van der Waals surface area contributed by atoms with Gasteiger partial charge in [-0.3, -0.25) is 0 Å². The summed E-state index contributed by atoms with van der Waals surface area (Å²) in [6, 6.07) is 0. The van der Waals surface area contributed by atoms with Gasteiger partial charge in [-0.1, -0.05) is 0 Å². The van der Waals surface area contributed by atoms with Crippen LogP contribution in [0.2, 0.25) is 0 Å². The van der Waals surface area contributed by atoms with E-state index in [2.05, 4.69) is 16.8 Å². The van der Waals surface area contributed by atoms with Gasteiger partial charge >= 0.3 is 0 Å². The number of likely N-dealkylation sites (tertiary alicyclic amines) is 1. The molecule has 0 radical (unpaired) electrons. The van der Waals surface area contributed by atoms with Crippen LogP contribution in [-0.2, 0) is 4.74 Å². The Kier molecular flexibility index (Phi) is 6.96. The molecule has 1 fully saturated rings. The lowest BCUT2D eigenvalue weighted by molar-refractivity contribution is 0.0437. The molecule has 1 rings (SSSR count). The summed E-state index contributed by atoms with van der Waals surface area (Å²) in [5.41, 5.74) is 5.66. The Morgan fingerprint density at radius 2 is 2.06 bits per heavy atom. The summed E-state index contributed by atoms with van der Waals surface area (Å²) in [5, 5.41) is 0. The number of rotatable bonds is 8. The molecule has 1 aliphatic rings. The van der Waals surface area contributed by atoms with Crippen LogP contribution in [0.3, 0.4) is 0 Å². The molecule has 1 unspecified atom stereocenters. The normalized spacial score (nSPS) is 19.5. The molecule has 0 bridgehead atoms. The van der Waals surface area contributed by atoms with Gasteiger partial charge in [-0.05, 0) is 39.9 Å². The van der Waals surface area contributed by atoms with Gasteiger partial charge in [0.05, 0.1) is 6.10 Å². The van der Waals surface area contributed by atoms with Crippen molar-refractivity contribution < 1.29 is 4.74 Å². The van der Waals surface area contributed by atoms with Crippen molar-refractivity contribution in [1.82, 2.24) is 9.80 Å². The number of hydrogen-bond acceptors (Lipinski definition) is 4. The van der Waals surface area contributed by atoms with Crippen molar-refractivity contribution in [2.24, 2.45) is 5.73 Å². The second-order valence-corrected chi connectivity index (χ2v) is 4.62. The quantitative estimate of drug-likeness (QED) is 0.653. The fourth-order valence-corrected chi connectivity index (χ4v) is 2.19. The van der Waals surface area contributed by atoms with Gasteiger partial charge in [0.1, 0.15) is 0 Å². The van der Waals surface area contributed by atoms with Gasteiger partial charge in [-0.15, -0.1) is 0 Å². The number of nitrogens with zero attached hydrogens (tertiary/aromatic N) is 2. The van der Waals surface area contributed by atoms with E-state index in [-0.39, 0.29) is 6.10 Å². The summed E-state index contributed by atoms with van der Waals surface area (Å²) < 4.78 is 5.55. The highest BCUT2D eigenvalue weighted by atomic mass is 16.5. The van der Waals surface area contributed by atoms with Crippen molar-refractivity contribution >= 4 is 0 Å². The van der Waals surface area contributed by atoms with Gasteiger partial charge < -0.3 is 20.3 Å². The molecule has 1 saturated heterocycles. The lowest BCUT2D eigenvalue weighted by Gasteiger charge is -2.25. The summed E-state index contributed by atoms with van der Waals surface area (Å²) in [6.07, 6.45) is 2.93. The molecule has 0 spiro atoms. The molecule has 4 heteroatoms. The summed E-state index contributed by atoms with van der Waals surface area (Å²) in [7, 11) is 2.15. The predicted molar refractivity (Wildman–Crippen MR) is 67.6 cm³/mol. The molecule has 0 aromatic carbocycles. The molecule has 0 saturated carbocycles. The van der Waals surface area contributed by atoms with E-state index in [1.807, 2.05) is 6.92 Å². The van der Waals surface area contributed by atoms with Crippen molar-refractivity contribution in [3.8, 4) is 0 Å². The lowest BCUT2D eigenvalue weighted by Crippen LogP contribution is -2.39. The fraction of sp³-hybridized carbons (Fsp3) is 1.00. The van der Waals surface area contributed by atoms with Crippen molar-refractivity contribution in [1.29, 1.82) is 0 Å². The molecule has 1 aliphatic heterocycles. The third-order valence-corrected chi connectivity index (χ3v) is 3.18. The second kappa shape index (κ2) is 8.01. The summed E-state index contributed by atoms with van der Waals surface area (Å²) >= 11 is 0. The number of likely N-dealkylation sites (N-methyl/N-ethyl adjacent to an activating group) is 1. The Morgan fingerprint density at radius 3 is 2.62 bits per heavy atom. The first kappa shape index (κ1) is 13.9. The third-order valence-electron chi connectivity index (χ3n) is 3.18. The number of hydrogen-bond donors (Lipinski definition) is 1. The van der Waals surface area contributed by atoms with Gasteiger partial charge in [-0.25, -0.2) is 0 Å². The van der Waals surface area contributed by atoms with Crippen molar-refractivity contribution in [2.45, 2.75) is 25.9 Å². The van der Waals surface area contributed by atoms with E-state index in [9.17, 15) is 0 Å². The number of ether oxygens (including phenoxy) is 1.